The van der Waals surface area contributed by atoms with Crippen molar-refractivity contribution in [3.8, 4) is 0 Å². The number of aryl methyl sites for hydroxylation is 2. The van der Waals surface area contributed by atoms with Crippen LogP contribution < -0.4 is 10.6 Å². The van der Waals surface area contributed by atoms with Crippen LogP contribution in [0.3, 0.4) is 0 Å². The molecule has 0 spiro atoms. The molecule has 140 valence electrons. The number of rotatable bonds is 6. The molecule has 0 saturated carbocycles. The molecule has 0 amide bonds. The maximum absolute atomic E-state index is 4.28. The van der Waals surface area contributed by atoms with Gasteiger partial charge >= 0.3 is 0 Å². The van der Waals surface area contributed by atoms with Gasteiger partial charge in [0.05, 0.1) is 12.7 Å². The third kappa shape index (κ3) is 5.00. The Labute approximate surface area is 171 Å². The fourth-order valence-corrected chi connectivity index (χ4v) is 2.99. The molecule has 3 rings (SSSR count). The van der Waals surface area contributed by atoms with Crippen LogP contribution in [0.4, 0.5) is 0 Å². The number of aromatic amines is 1. The fourth-order valence-electron chi connectivity index (χ4n) is 2.99. The van der Waals surface area contributed by atoms with Gasteiger partial charge in [-0.15, -0.1) is 24.0 Å². The molecular weight excluding hydrogens is 439 g/mol. The van der Waals surface area contributed by atoms with E-state index < -0.39 is 0 Å². The summed E-state index contributed by atoms with van der Waals surface area (Å²) in [6, 6.07) is 6.42. The molecule has 7 heteroatoms. The van der Waals surface area contributed by atoms with Crippen molar-refractivity contribution in [1.29, 1.82) is 0 Å². The van der Waals surface area contributed by atoms with Crippen LogP contribution in [0.2, 0.25) is 0 Å². The molecule has 3 aromatic rings. The molecular formula is C19H27IN6. The van der Waals surface area contributed by atoms with Crippen molar-refractivity contribution in [2.45, 2.75) is 26.8 Å². The van der Waals surface area contributed by atoms with Gasteiger partial charge in [0, 0.05) is 43.4 Å². The van der Waals surface area contributed by atoms with Crippen LogP contribution in [0.25, 0.3) is 10.9 Å². The number of guanidine groups is 1. The van der Waals surface area contributed by atoms with E-state index in [1.165, 1.54) is 27.6 Å². The molecule has 0 atom stereocenters. The third-order valence-corrected chi connectivity index (χ3v) is 4.32. The maximum atomic E-state index is 4.28. The highest BCUT2D eigenvalue weighted by atomic mass is 127. The number of benzene rings is 1. The number of H-pyrrole nitrogens is 1. The zero-order valence-corrected chi connectivity index (χ0v) is 17.9. The molecule has 0 fully saturated rings. The molecule has 0 bridgehead atoms. The number of hydrogen-bond donors (Lipinski definition) is 3. The average molecular weight is 466 g/mol. The van der Waals surface area contributed by atoms with Crippen molar-refractivity contribution < 1.29 is 0 Å². The fraction of sp³-hybridized carbons (Fsp3) is 0.368. The summed E-state index contributed by atoms with van der Waals surface area (Å²) in [5, 5.41) is 12.3. The Hall–Kier alpha value is -2.03. The normalized spacial score (nSPS) is 11.4. The number of hydrogen-bond acceptors (Lipinski definition) is 2. The minimum absolute atomic E-state index is 0. The first-order valence-electron chi connectivity index (χ1n) is 8.66. The smallest absolute Gasteiger partial charge is 0.191 e. The van der Waals surface area contributed by atoms with Crippen LogP contribution in [0, 0.1) is 13.8 Å². The summed E-state index contributed by atoms with van der Waals surface area (Å²) < 4.78 is 1.93. The highest BCUT2D eigenvalue weighted by Gasteiger charge is 2.05. The van der Waals surface area contributed by atoms with Gasteiger partial charge in [-0.05, 0) is 37.0 Å². The van der Waals surface area contributed by atoms with Crippen molar-refractivity contribution in [3.05, 3.63) is 53.5 Å². The largest absolute Gasteiger partial charge is 0.361 e. The molecule has 2 heterocycles. The summed E-state index contributed by atoms with van der Waals surface area (Å²) >= 11 is 0. The Kier molecular flexibility index (Phi) is 7.50. The lowest BCUT2D eigenvalue weighted by molar-refractivity contribution is 0.597. The quantitative estimate of drug-likeness (QED) is 0.297. The predicted molar refractivity (Wildman–Crippen MR) is 118 cm³/mol. The molecule has 2 aromatic heterocycles. The number of fused-ring (bicyclic) bond motifs is 1. The van der Waals surface area contributed by atoms with E-state index in [-0.39, 0.29) is 24.0 Å². The van der Waals surface area contributed by atoms with Crippen LogP contribution in [0.5, 0.6) is 0 Å². The first kappa shape index (κ1) is 20.3. The molecule has 6 nitrogen and oxygen atoms in total. The molecule has 0 unspecified atom stereocenters. The van der Waals surface area contributed by atoms with Gasteiger partial charge in [0.1, 0.15) is 0 Å². The number of nitrogens with zero attached hydrogens (tertiary/aromatic N) is 3. The van der Waals surface area contributed by atoms with Gasteiger partial charge in [-0.25, -0.2) is 0 Å². The highest BCUT2D eigenvalue weighted by Crippen LogP contribution is 2.21. The third-order valence-electron chi connectivity index (χ3n) is 4.32. The lowest BCUT2D eigenvalue weighted by Crippen LogP contribution is -2.39. The Morgan fingerprint density at radius 2 is 2.04 bits per heavy atom. The second-order valence-corrected chi connectivity index (χ2v) is 6.27. The summed E-state index contributed by atoms with van der Waals surface area (Å²) in [5.41, 5.74) is 5.02. The summed E-state index contributed by atoms with van der Waals surface area (Å²) in [6.07, 6.45) is 6.96. The average Bonchev–Trinajstić information content (AvgIpc) is 3.21. The summed E-state index contributed by atoms with van der Waals surface area (Å²) in [5.74, 6) is 0.819. The standard InChI is InChI=1S/C19H26N6.HI/c1-14-11-24-25(13-14)10-9-22-19(20-3)21-8-7-16-12-23-18-15(2)5-4-6-17(16)18;/h4-6,11-13,23H,7-10H2,1-3H3,(H2,20,21,22);1H. The minimum atomic E-state index is 0. The molecule has 0 aliphatic rings. The van der Waals surface area contributed by atoms with E-state index in [0.717, 1.165) is 32.0 Å². The Morgan fingerprint density at radius 3 is 2.77 bits per heavy atom. The van der Waals surface area contributed by atoms with Crippen LogP contribution in [-0.4, -0.2) is 40.9 Å². The predicted octanol–water partition coefficient (Wildman–Crippen LogP) is 3.01. The number of nitrogens with one attached hydrogen (secondary N) is 3. The number of halogens is 1. The van der Waals surface area contributed by atoms with Crippen molar-refractivity contribution >= 4 is 40.8 Å². The minimum Gasteiger partial charge on any atom is -0.361 e. The van der Waals surface area contributed by atoms with Crippen LogP contribution in [-0.2, 0) is 13.0 Å². The lowest BCUT2D eigenvalue weighted by atomic mass is 10.1. The van der Waals surface area contributed by atoms with Crippen LogP contribution in [0.1, 0.15) is 16.7 Å². The first-order chi connectivity index (χ1) is 12.2. The maximum Gasteiger partial charge on any atom is 0.191 e. The topological polar surface area (TPSA) is 70.0 Å². The van der Waals surface area contributed by atoms with E-state index in [9.17, 15) is 0 Å². The molecule has 0 aliphatic carbocycles. The van der Waals surface area contributed by atoms with E-state index in [1.54, 1.807) is 7.05 Å². The van der Waals surface area contributed by atoms with Crippen molar-refractivity contribution in [2.24, 2.45) is 4.99 Å². The molecule has 0 saturated heterocycles. The van der Waals surface area contributed by atoms with E-state index in [4.69, 9.17) is 0 Å². The number of para-hydroxylation sites is 1. The molecule has 0 aliphatic heterocycles. The summed E-state index contributed by atoms with van der Waals surface area (Å²) in [6.45, 7) is 6.61. The Bertz CT molecular complexity index is 864. The van der Waals surface area contributed by atoms with Gasteiger partial charge in [0.2, 0.25) is 0 Å². The second-order valence-electron chi connectivity index (χ2n) is 6.27. The van der Waals surface area contributed by atoms with E-state index in [2.05, 4.69) is 57.0 Å². The number of aliphatic imine (C=N–C) groups is 1. The van der Waals surface area contributed by atoms with Gasteiger partial charge < -0.3 is 15.6 Å². The van der Waals surface area contributed by atoms with Gasteiger partial charge in [-0.1, -0.05) is 18.2 Å². The molecule has 3 N–H and O–H groups in total. The summed E-state index contributed by atoms with van der Waals surface area (Å²) in [4.78, 5) is 7.66. The van der Waals surface area contributed by atoms with E-state index in [0.29, 0.717) is 0 Å². The van der Waals surface area contributed by atoms with Crippen molar-refractivity contribution in [2.75, 3.05) is 20.1 Å². The van der Waals surface area contributed by atoms with E-state index in [1.807, 2.05) is 24.0 Å². The monoisotopic (exact) mass is 466 g/mol. The molecule has 26 heavy (non-hydrogen) atoms. The molecule has 1 aromatic carbocycles. The summed E-state index contributed by atoms with van der Waals surface area (Å²) in [7, 11) is 1.79. The van der Waals surface area contributed by atoms with Crippen LogP contribution >= 0.6 is 24.0 Å². The highest BCUT2D eigenvalue weighted by molar-refractivity contribution is 14.0. The SMILES string of the molecule is CN=C(NCCc1c[nH]c2c(C)cccc12)NCCn1cc(C)cn1.I. The zero-order valence-electron chi connectivity index (χ0n) is 15.5. The van der Waals surface area contributed by atoms with E-state index >= 15 is 0 Å². The van der Waals surface area contributed by atoms with Gasteiger partial charge in [-0.2, -0.15) is 5.10 Å². The van der Waals surface area contributed by atoms with Gasteiger partial charge in [0.25, 0.3) is 0 Å². The van der Waals surface area contributed by atoms with Gasteiger partial charge in [-0.3, -0.25) is 9.67 Å². The van der Waals surface area contributed by atoms with Crippen molar-refractivity contribution in [1.82, 2.24) is 25.4 Å². The van der Waals surface area contributed by atoms with Crippen molar-refractivity contribution in [3.63, 3.8) is 0 Å². The Morgan fingerprint density at radius 1 is 1.23 bits per heavy atom. The number of aromatic nitrogens is 3. The second kappa shape index (κ2) is 9.61. The Balaban J connectivity index is 0.00000243. The van der Waals surface area contributed by atoms with Crippen LogP contribution in [0.15, 0.2) is 41.8 Å². The zero-order chi connectivity index (χ0) is 17.6. The molecule has 0 radical (unpaired) electrons. The lowest BCUT2D eigenvalue weighted by Gasteiger charge is -2.11. The van der Waals surface area contributed by atoms with Gasteiger partial charge in [0.15, 0.2) is 5.96 Å². The first-order valence-corrected chi connectivity index (χ1v) is 8.66.